The van der Waals surface area contributed by atoms with Crippen molar-refractivity contribution in [2.75, 3.05) is 0 Å². The van der Waals surface area contributed by atoms with Gasteiger partial charge in [0, 0.05) is 6.04 Å². The Morgan fingerprint density at radius 1 is 0.750 bits per heavy atom. The second-order valence-corrected chi connectivity index (χ2v) is 5.75. The minimum atomic E-state index is -0.0245. The summed E-state index contributed by atoms with van der Waals surface area (Å²) >= 11 is 4.58. The van der Waals surface area contributed by atoms with Gasteiger partial charge in [-0.15, -0.1) is 0 Å². The van der Waals surface area contributed by atoms with Crippen molar-refractivity contribution >= 4 is 12.6 Å². The molecular weight excluding hydrogens is 264 g/mol. The highest BCUT2D eigenvalue weighted by Crippen LogP contribution is 2.18. The van der Waals surface area contributed by atoms with Gasteiger partial charge in [0.2, 0.25) is 0 Å². The summed E-state index contributed by atoms with van der Waals surface area (Å²) in [5.74, 6) is 0. The smallest absolute Gasteiger partial charge is 0.0888 e. The summed E-state index contributed by atoms with van der Waals surface area (Å²) in [4.78, 5) is 0. The average molecular weight is 286 g/mol. The third kappa shape index (κ3) is 4.10. The Kier molecular flexibility index (Phi) is 5.24. The highest BCUT2D eigenvalue weighted by molar-refractivity contribution is 7.80. The topological polar surface area (TPSA) is 24.1 Å². The molecule has 0 radical (unpaired) electrons. The zero-order valence-corrected chi connectivity index (χ0v) is 13.1. The standard InChI is InChI=1S/C17H22N2S/c1-12-4-8-15(9-5-12)14(3)18-19-17(20)16-10-6-13(2)7-11-16/h4-11,14,17-20H,1-3H3. The lowest BCUT2D eigenvalue weighted by Crippen LogP contribution is -2.35. The lowest BCUT2D eigenvalue weighted by atomic mass is 10.1. The number of hydrogen-bond acceptors (Lipinski definition) is 3. The van der Waals surface area contributed by atoms with Gasteiger partial charge in [0.15, 0.2) is 0 Å². The van der Waals surface area contributed by atoms with Crippen LogP contribution in [0.5, 0.6) is 0 Å². The van der Waals surface area contributed by atoms with Crippen LogP contribution in [0.4, 0.5) is 0 Å². The van der Waals surface area contributed by atoms with Gasteiger partial charge in [-0.25, -0.2) is 10.9 Å². The van der Waals surface area contributed by atoms with Crippen LogP contribution in [-0.2, 0) is 0 Å². The van der Waals surface area contributed by atoms with E-state index in [1.807, 2.05) is 0 Å². The van der Waals surface area contributed by atoms with Crippen molar-refractivity contribution in [3.8, 4) is 0 Å². The van der Waals surface area contributed by atoms with E-state index in [0.29, 0.717) is 0 Å². The third-order valence-electron chi connectivity index (χ3n) is 3.41. The molecule has 106 valence electrons. The van der Waals surface area contributed by atoms with Crippen molar-refractivity contribution in [3.05, 3.63) is 70.8 Å². The lowest BCUT2D eigenvalue weighted by Gasteiger charge is -2.20. The number of thiol groups is 1. The van der Waals surface area contributed by atoms with Crippen molar-refractivity contribution in [1.29, 1.82) is 0 Å². The zero-order valence-electron chi connectivity index (χ0n) is 12.2. The van der Waals surface area contributed by atoms with Crippen LogP contribution in [0.3, 0.4) is 0 Å². The van der Waals surface area contributed by atoms with E-state index in [-0.39, 0.29) is 11.4 Å². The Labute approximate surface area is 127 Å². The second kappa shape index (κ2) is 6.93. The van der Waals surface area contributed by atoms with Crippen LogP contribution >= 0.6 is 12.6 Å². The number of hydrazine groups is 1. The molecule has 2 aromatic carbocycles. The fourth-order valence-electron chi connectivity index (χ4n) is 1.97. The number of benzene rings is 2. The molecule has 0 heterocycles. The number of aryl methyl sites for hydroxylation is 2. The molecule has 2 N–H and O–H groups in total. The molecule has 0 fully saturated rings. The fourth-order valence-corrected chi connectivity index (χ4v) is 2.22. The monoisotopic (exact) mass is 286 g/mol. The Morgan fingerprint density at radius 3 is 1.70 bits per heavy atom. The molecule has 0 saturated heterocycles. The van der Waals surface area contributed by atoms with E-state index in [4.69, 9.17) is 0 Å². The first-order valence-corrected chi connectivity index (χ1v) is 7.40. The van der Waals surface area contributed by atoms with Gasteiger partial charge in [0.1, 0.15) is 0 Å². The van der Waals surface area contributed by atoms with Crippen molar-refractivity contribution < 1.29 is 0 Å². The molecule has 2 aromatic rings. The van der Waals surface area contributed by atoms with Crippen LogP contribution in [0.1, 0.15) is 40.6 Å². The molecule has 0 amide bonds. The largest absolute Gasteiger partial charge is 0.249 e. The van der Waals surface area contributed by atoms with Crippen LogP contribution in [0.2, 0.25) is 0 Å². The van der Waals surface area contributed by atoms with Gasteiger partial charge in [-0.05, 0) is 31.9 Å². The lowest BCUT2D eigenvalue weighted by molar-refractivity contribution is 0.455. The Hall–Kier alpha value is -1.29. The third-order valence-corrected chi connectivity index (χ3v) is 3.83. The summed E-state index contributed by atoms with van der Waals surface area (Å²) in [6, 6.07) is 17.2. The summed E-state index contributed by atoms with van der Waals surface area (Å²) in [5.41, 5.74) is 11.5. The predicted molar refractivity (Wildman–Crippen MR) is 88.8 cm³/mol. The van der Waals surface area contributed by atoms with E-state index in [1.54, 1.807) is 0 Å². The summed E-state index contributed by atoms with van der Waals surface area (Å²) in [6.07, 6.45) is 0. The van der Waals surface area contributed by atoms with E-state index < -0.39 is 0 Å². The van der Waals surface area contributed by atoms with Crippen molar-refractivity contribution in [3.63, 3.8) is 0 Å². The molecule has 0 aliphatic carbocycles. The van der Waals surface area contributed by atoms with Gasteiger partial charge >= 0.3 is 0 Å². The molecular formula is C17H22N2S. The summed E-state index contributed by atoms with van der Waals surface area (Å²) in [6.45, 7) is 6.32. The van der Waals surface area contributed by atoms with Crippen molar-refractivity contribution in [2.45, 2.75) is 32.2 Å². The maximum Gasteiger partial charge on any atom is 0.0888 e. The minimum absolute atomic E-state index is 0.0245. The average Bonchev–Trinajstić information content (AvgIpc) is 2.46. The minimum Gasteiger partial charge on any atom is -0.249 e. The number of hydrogen-bond donors (Lipinski definition) is 3. The molecule has 2 atom stereocenters. The number of nitrogens with one attached hydrogen (secondary N) is 2. The van der Waals surface area contributed by atoms with Crippen LogP contribution in [0, 0.1) is 13.8 Å². The Morgan fingerprint density at radius 2 is 1.20 bits per heavy atom. The summed E-state index contributed by atoms with van der Waals surface area (Å²) in [7, 11) is 0. The molecule has 0 spiro atoms. The zero-order chi connectivity index (χ0) is 14.5. The molecule has 20 heavy (non-hydrogen) atoms. The first-order valence-electron chi connectivity index (χ1n) is 6.88. The molecule has 0 aliphatic rings. The molecule has 0 aromatic heterocycles. The van der Waals surface area contributed by atoms with E-state index >= 15 is 0 Å². The van der Waals surface area contributed by atoms with Gasteiger partial charge in [-0.3, -0.25) is 0 Å². The van der Waals surface area contributed by atoms with Crippen LogP contribution in [0.15, 0.2) is 48.5 Å². The van der Waals surface area contributed by atoms with E-state index in [9.17, 15) is 0 Å². The Balaban J connectivity index is 1.91. The maximum absolute atomic E-state index is 4.58. The highest BCUT2D eigenvalue weighted by atomic mass is 32.1. The van der Waals surface area contributed by atoms with Crippen LogP contribution in [-0.4, -0.2) is 0 Å². The normalized spacial score (nSPS) is 14.0. The van der Waals surface area contributed by atoms with E-state index in [1.165, 1.54) is 16.7 Å². The van der Waals surface area contributed by atoms with Crippen molar-refractivity contribution in [2.24, 2.45) is 0 Å². The predicted octanol–water partition coefficient (Wildman–Crippen LogP) is 4.09. The first kappa shape index (κ1) is 15.1. The summed E-state index contributed by atoms with van der Waals surface area (Å²) in [5, 5.41) is -0.0245. The van der Waals surface area contributed by atoms with Gasteiger partial charge in [-0.2, -0.15) is 12.6 Å². The molecule has 2 rings (SSSR count). The van der Waals surface area contributed by atoms with Crippen LogP contribution < -0.4 is 10.9 Å². The molecule has 3 heteroatoms. The highest BCUT2D eigenvalue weighted by Gasteiger charge is 2.08. The van der Waals surface area contributed by atoms with Gasteiger partial charge < -0.3 is 0 Å². The van der Waals surface area contributed by atoms with Crippen molar-refractivity contribution in [1.82, 2.24) is 10.9 Å². The number of rotatable bonds is 5. The molecule has 0 aliphatic heterocycles. The second-order valence-electron chi connectivity index (χ2n) is 5.23. The molecule has 0 bridgehead atoms. The molecule has 0 saturated carbocycles. The van der Waals surface area contributed by atoms with Gasteiger partial charge in [0.05, 0.1) is 5.37 Å². The fraction of sp³-hybridized carbons (Fsp3) is 0.294. The summed E-state index contributed by atoms with van der Waals surface area (Å²) < 4.78 is 0. The molecule has 2 unspecified atom stereocenters. The maximum atomic E-state index is 4.58. The SMILES string of the molecule is Cc1ccc(C(C)NNC(S)c2ccc(C)cc2)cc1. The van der Waals surface area contributed by atoms with Gasteiger partial charge in [0.25, 0.3) is 0 Å². The molecule has 2 nitrogen and oxygen atoms in total. The van der Waals surface area contributed by atoms with E-state index in [2.05, 4.69) is 92.8 Å². The van der Waals surface area contributed by atoms with E-state index in [0.717, 1.165) is 5.56 Å². The van der Waals surface area contributed by atoms with Crippen LogP contribution in [0.25, 0.3) is 0 Å². The Bertz CT molecular complexity index is 482. The quantitative estimate of drug-likeness (QED) is 0.438. The van der Waals surface area contributed by atoms with Gasteiger partial charge in [-0.1, -0.05) is 59.7 Å². The first-order chi connectivity index (χ1) is 9.56.